The number of benzene rings is 2. The number of urea groups is 1. The SMILES string of the molecule is O=C(NC1(c2ccccc2)CCN(OS(=O)(=O)c2ccccc2)CC1)N1CCCC1. The second-order valence-electron chi connectivity index (χ2n) is 7.84. The van der Waals surface area contributed by atoms with Crippen molar-refractivity contribution in [2.24, 2.45) is 0 Å². The van der Waals surface area contributed by atoms with Crippen LogP contribution >= 0.6 is 0 Å². The predicted octanol–water partition coefficient (Wildman–Crippen LogP) is 3.10. The lowest BCUT2D eigenvalue weighted by molar-refractivity contribution is -0.0834. The Morgan fingerprint density at radius 2 is 1.43 bits per heavy atom. The predicted molar refractivity (Wildman–Crippen MR) is 113 cm³/mol. The maximum atomic E-state index is 12.9. The van der Waals surface area contributed by atoms with E-state index >= 15 is 0 Å². The zero-order valence-electron chi connectivity index (χ0n) is 16.9. The molecule has 2 aromatic carbocycles. The van der Waals surface area contributed by atoms with Crippen LogP contribution in [0.1, 0.15) is 31.2 Å². The Labute approximate surface area is 177 Å². The number of nitrogens with zero attached hydrogens (tertiary/aromatic N) is 2. The summed E-state index contributed by atoms with van der Waals surface area (Å²) in [6.07, 6.45) is 3.18. The average molecular weight is 430 g/mol. The molecule has 2 saturated heterocycles. The number of piperidine rings is 1. The lowest BCUT2D eigenvalue weighted by atomic mass is 9.81. The topological polar surface area (TPSA) is 79.0 Å². The van der Waals surface area contributed by atoms with Gasteiger partial charge in [-0.2, -0.15) is 17.8 Å². The highest BCUT2D eigenvalue weighted by Crippen LogP contribution is 2.34. The molecule has 2 aliphatic heterocycles. The van der Waals surface area contributed by atoms with E-state index in [9.17, 15) is 13.2 Å². The third-order valence-corrected chi connectivity index (χ3v) is 7.13. The lowest BCUT2D eigenvalue weighted by Crippen LogP contribution is -2.55. The molecule has 2 fully saturated rings. The molecule has 2 aromatic rings. The number of rotatable bonds is 5. The standard InChI is InChI=1S/C22H27N3O4S/c26-21(24-15-7-8-16-24)23-22(19-9-3-1-4-10-19)13-17-25(18-14-22)29-30(27,28)20-11-5-2-6-12-20/h1-6,9-12H,7-8,13-18H2,(H,23,26). The second kappa shape index (κ2) is 8.75. The van der Waals surface area contributed by atoms with Crippen molar-refractivity contribution in [2.75, 3.05) is 26.2 Å². The van der Waals surface area contributed by atoms with Crippen molar-refractivity contribution in [2.45, 2.75) is 36.1 Å². The minimum Gasteiger partial charge on any atom is -0.328 e. The normalized spacial score (nSPS) is 19.5. The van der Waals surface area contributed by atoms with Crippen molar-refractivity contribution in [3.63, 3.8) is 0 Å². The van der Waals surface area contributed by atoms with E-state index in [1.165, 1.54) is 17.2 Å². The van der Waals surface area contributed by atoms with E-state index in [-0.39, 0.29) is 10.9 Å². The summed E-state index contributed by atoms with van der Waals surface area (Å²) in [5.41, 5.74) is 0.486. The Kier molecular flexibility index (Phi) is 6.08. The number of hydroxylamine groups is 2. The molecule has 30 heavy (non-hydrogen) atoms. The van der Waals surface area contributed by atoms with E-state index in [4.69, 9.17) is 4.28 Å². The fourth-order valence-electron chi connectivity index (χ4n) is 4.16. The Balaban J connectivity index is 1.48. The smallest absolute Gasteiger partial charge is 0.318 e. The van der Waals surface area contributed by atoms with Gasteiger partial charge in [-0.1, -0.05) is 48.5 Å². The van der Waals surface area contributed by atoms with Gasteiger partial charge in [-0.3, -0.25) is 0 Å². The fourth-order valence-corrected chi connectivity index (χ4v) is 5.16. The molecule has 0 aromatic heterocycles. The van der Waals surface area contributed by atoms with E-state index in [1.54, 1.807) is 18.2 Å². The highest BCUT2D eigenvalue weighted by Gasteiger charge is 2.40. The molecule has 1 N–H and O–H groups in total. The molecule has 8 heteroatoms. The van der Waals surface area contributed by atoms with Crippen molar-refractivity contribution in [1.29, 1.82) is 0 Å². The monoisotopic (exact) mass is 429 g/mol. The number of hydrogen-bond acceptors (Lipinski definition) is 5. The first kappa shape index (κ1) is 20.8. The van der Waals surface area contributed by atoms with E-state index in [0.29, 0.717) is 25.9 Å². The van der Waals surface area contributed by atoms with Crippen LogP contribution in [0.25, 0.3) is 0 Å². The van der Waals surface area contributed by atoms with Gasteiger partial charge in [-0.25, -0.2) is 4.79 Å². The lowest BCUT2D eigenvalue weighted by Gasteiger charge is -2.42. The van der Waals surface area contributed by atoms with Gasteiger partial charge in [0.15, 0.2) is 0 Å². The van der Waals surface area contributed by atoms with Gasteiger partial charge >= 0.3 is 16.1 Å². The molecule has 4 rings (SSSR count). The summed E-state index contributed by atoms with van der Waals surface area (Å²) in [6.45, 7) is 2.34. The minimum atomic E-state index is -3.87. The van der Waals surface area contributed by atoms with E-state index in [2.05, 4.69) is 5.32 Å². The van der Waals surface area contributed by atoms with Crippen LogP contribution in [0.15, 0.2) is 65.6 Å². The van der Waals surface area contributed by atoms with Gasteiger partial charge in [-0.05, 0) is 43.4 Å². The van der Waals surface area contributed by atoms with Crippen molar-refractivity contribution in [1.82, 2.24) is 15.3 Å². The summed E-state index contributed by atoms with van der Waals surface area (Å²) in [5, 5.41) is 4.74. The largest absolute Gasteiger partial charge is 0.328 e. The molecule has 0 saturated carbocycles. The molecule has 160 valence electrons. The molecule has 7 nitrogen and oxygen atoms in total. The molecule has 0 spiro atoms. The highest BCUT2D eigenvalue weighted by molar-refractivity contribution is 7.86. The maximum absolute atomic E-state index is 12.9. The second-order valence-corrected chi connectivity index (χ2v) is 9.37. The van der Waals surface area contributed by atoms with Crippen LogP contribution in [0.4, 0.5) is 4.79 Å². The molecule has 0 unspecified atom stereocenters. The van der Waals surface area contributed by atoms with Gasteiger partial charge < -0.3 is 10.2 Å². The number of carbonyl (C=O) groups is 1. The quantitative estimate of drug-likeness (QED) is 0.790. The molecule has 2 aliphatic rings. The molecule has 2 heterocycles. The zero-order chi connectivity index (χ0) is 21.0. The molecule has 2 amide bonds. The van der Waals surface area contributed by atoms with Gasteiger partial charge in [-0.15, -0.1) is 0 Å². The van der Waals surface area contributed by atoms with Gasteiger partial charge in [0.1, 0.15) is 0 Å². The molecule has 0 atom stereocenters. The fraction of sp³-hybridized carbons (Fsp3) is 0.409. The summed E-state index contributed by atoms with van der Waals surface area (Å²) in [5.74, 6) is 0. The maximum Gasteiger partial charge on any atom is 0.318 e. The van der Waals surface area contributed by atoms with Gasteiger partial charge in [0, 0.05) is 26.2 Å². The third kappa shape index (κ3) is 4.50. The molecule has 0 aliphatic carbocycles. The number of hydrogen-bond donors (Lipinski definition) is 1. The number of carbonyl (C=O) groups excluding carboxylic acids is 1. The van der Waals surface area contributed by atoms with Crippen LogP contribution < -0.4 is 5.32 Å². The van der Waals surface area contributed by atoms with Crippen LogP contribution in [-0.4, -0.2) is 50.6 Å². The highest BCUT2D eigenvalue weighted by atomic mass is 32.2. The van der Waals surface area contributed by atoms with Crippen LogP contribution in [0, 0.1) is 0 Å². The average Bonchev–Trinajstić information content (AvgIpc) is 3.32. The van der Waals surface area contributed by atoms with Gasteiger partial charge in [0.2, 0.25) is 0 Å². The summed E-state index contributed by atoms with van der Waals surface area (Å²) in [7, 11) is -3.87. The zero-order valence-corrected chi connectivity index (χ0v) is 17.7. The minimum absolute atomic E-state index is 0.0531. The third-order valence-electron chi connectivity index (χ3n) is 5.88. The van der Waals surface area contributed by atoms with Crippen LogP contribution in [-0.2, 0) is 19.9 Å². The van der Waals surface area contributed by atoms with Crippen LogP contribution in [0.3, 0.4) is 0 Å². The van der Waals surface area contributed by atoms with Crippen molar-refractivity contribution >= 4 is 16.1 Å². The van der Waals surface area contributed by atoms with Crippen molar-refractivity contribution < 1.29 is 17.5 Å². The first-order valence-corrected chi connectivity index (χ1v) is 11.8. The Morgan fingerprint density at radius 3 is 2.03 bits per heavy atom. The van der Waals surface area contributed by atoms with Crippen molar-refractivity contribution in [3.8, 4) is 0 Å². The summed E-state index contributed by atoms with van der Waals surface area (Å²) < 4.78 is 30.5. The Hall–Kier alpha value is -2.42. The molecule has 0 bridgehead atoms. The van der Waals surface area contributed by atoms with Crippen LogP contribution in [0.5, 0.6) is 0 Å². The first-order valence-electron chi connectivity index (χ1n) is 10.4. The molecular formula is C22H27N3O4S. The Morgan fingerprint density at radius 1 is 0.867 bits per heavy atom. The van der Waals surface area contributed by atoms with E-state index < -0.39 is 15.7 Å². The van der Waals surface area contributed by atoms with Gasteiger partial charge in [0.25, 0.3) is 0 Å². The Bertz CT molecular complexity index is 952. The molecule has 0 radical (unpaired) electrons. The summed E-state index contributed by atoms with van der Waals surface area (Å²) in [4.78, 5) is 14.8. The first-order chi connectivity index (χ1) is 14.5. The number of amides is 2. The summed E-state index contributed by atoms with van der Waals surface area (Å²) >= 11 is 0. The van der Waals surface area contributed by atoms with Crippen LogP contribution in [0.2, 0.25) is 0 Å². The van der Waals surface area contributed by atoms with E-state index in [0.717, 1.165) is 31.5 Å². The number of likely N-dealkylation sites (tertiary alicyclic amines) is 1. The number of nitrogens with one attached hydrogen (secondary N) is 1. The van der Waals surface area contributed by atoms with Crippen molar-refractivity contribution in [3.05, 3.63) is 66.2 Å². The molecular weight excluding hydrogens is 402 g/mol. The van der Waals surface area contributed by atoms with E-state index in [1.807, 2.05) is 35.2 Å². The summed E-state index contributed by atoms with van der Waals surface area (Å²) in [6, 6.07) is 18.0. The van der Waals surface area contributed by atoms with Gasteiger partial charge in [0.05, 0.1) is 10.4 Å².